The number of carbonyl (C=O) groups excluding carboxylic acids is 3. The number of amides is 3. The monoisotopic (exact) mass is 347 g/mol. The zero-order valence-corrected chi connectivity index (χ0v) is 14.7. The number of hydrogen-bond donors (Lipinski definition) is 2. The van der Waals surface area contributed by atoms with Crippen molar-refractivity contribution in [3.05, 3.63) is 24.3 Å². The van der Waals surface area contributed by atoms with Gasteiger partial charge in [-0.1, -0.05) is 6.92 Å². The summed E-state index contributed by atoms with van der Waals surface area (Å²) in [5, 5.41) is 5.30. The molecule has 0 radical (unpaired) electrons. The van der Waals surface area contributed by atoms with Gasteiger partial charge in [-0.25, -0.2) is 0 Å². The second-order valence-corrected chi connectivity index (χ2v) is 5.90. The van der Waals surface area contributed by atoms with E-state index in [2.05, 4.69) is 10.6 Å². The van der Waals surface area contributed by atoms with Gasteiger partial charge in [0.15, 0.2) is 0 Å². The molecule has 0 aliphatic carbocycles. The van der Waals surface area contributed by atoms with Crippen LogP contribution in [0.4, 0.5) is 5.69 Å². The van der Waals surface area contributed by atoms with Crippen LogP contribution < -0.4 is 20.3 Å². The number of nitrogens with zero attached hydrogens (tertiary/aromatic N) is 1. The first-order valence-electron chi connectivity index (χ1n) is 8.62. The first kappa shape index (κ1) is 18.8. The highest BCUT2D eigenvalue weighted by molar-refractivity contribution is 6.00. The summed E-state index contributed by atoms with van der Waals surface area (Å²) < 4.78 is 5.39. The Balaban J connectivity index is 1.88. The molecule has 0 saturated carbocycles. The maximum Gasteiger partial charge on any atom is 0.239 e. The van der Waals surface area contributed by atoms with E-state index in [0.717, 1.165) is 17.9 Å². The van der Waals surface area contributed by atoms with Gasteiger partial charge < -0.3 is 20.3 Å². The molecule has 0 bridgehead atoms. The largest absolute Gasteiger partial charge is 0.494 e. The molecule has 136 valence electrons. The summed E-state index contributed by atoms with van der Waals surface area (Å²) in [5.41, 5.74) is 0.740. The van der Waals surface area contributed by atoms with E-state index in [1.54, 1.807) is 29.2 Å². The Hall–Kier alpha value is -2.57. The van der Waals surface area contributed by atoms with Crippen molar-refractivity contribution in [2.75, 3.05) is 31.1 Å². The van der Waals surface area contributed by atoms with Crippen LogP contribution in [0.1, 0.15) is 26.7 Å². The van der Waals surface area contributed by atoms with E-state index in [-0.39, 0.29) is 30.7 Å². The van der Waals surface area contributed by atoms with E-state index in [9.17, 15) is 14.4 Å². The van der Waals surface area contributed by atoms with Crippen LogP contribution in [0, 0.1) is 5.92 Å². The van der Waals surface area contributed by atoms with Gasteiger partial charge in [0.1, 0.15) is 5.75 Å². The van der Waals surface area contributed by atoms with Crippen LogP contribution in [0.25, 0.3) is 0 Å². The molecule has 0 spiro atoms. The molecular weight excluding hydrogens is 322 g/mol. The summed E-state index contributed by atoms with van der Waals surface area (Å²) in [6.45, 7) is 5.28. The quantitative estimate of drug-likeness (QED) is 0.737. The van der Waals surface area contributed by atoms with Crippen molar-refractivity contribution in [1.29, 1.82) is 0 Å². The third-order valence-corrected chi connectivity index (χ3v) is 3.95. The Morgan fingerprint density at radius 1 is 1.20 bits per heavy atom. The van der Waals surface area contributed by atoms with Gasteiger partial charge in [0.05, 0.1) is 19.1 Å². The molecule has 25 heavy (non-hydrogen) atoms. The predicted octanol–water partition coefficient (Wildman–Crippen LogP) is 1.08. The molecule has 1 unspecified atom stereocenters. The van der Waals surface area contributed by atoms with E-state index in [4.69, 9.17) is 4.74 Å². The highest BCUT2D eigenvalue weighted by Gasteiger charge is 2.35. The molecule has 1 aromatic rings. The molecule has 7 nitrogen and oxygen atoms in total. The lowest BCUT2D eigenvalue weighted by molar-refractivity contribution is -0.128. The van der Waals surface area contributed by atoms with E-state index in [1.807, 2.05) is 13.8 Å². The molecule has 2 rings (SSSR count). The number of benzene rings is 1. The maximum absolute atomic E-state index is 12.2. The number of rotatable bonds is 8. The molecule has 1 heterocycles. The first-order chi connectivity index (χ1) is 12.0. The Bertz CT molecular complexity index is 615. The molecule has 2 N–H and O–H groups in total. The van der Waals surface area contributed by atoms with Crippen LogP contribution in [0.3, 0.4) is 0 Å². The maximum atomic E-state index is 12.2. The van der Waals surface area contributed by atoms with E-state index < -0.39 is 5.92 Å². The zero-order valence-electron chi connectivity index (χ0n) is 14.7. The summed E-state index contributed by atoms with van der Waals surface area (Å²) in [6.07, 6.45) is 0.990. The minimum atomic E-state index is -0.446. The molecule has 1 aromatic carbocycles. The van der Waals surface area contributed by atoms with Crippen molar-refractivity contribution < 1.29 is 19.1 Å². The van der Waals surface area contributed by atoms with Crippen LogP contribution in [0.2, 0.25) is 0 Å². The average molecular weight is 347 g/mol. The standard InChI is InChI=1S/C18H25N3O4/c1-3-9-19-16(22)11-20-18(24)13-10-17(23)21(12-13)14-5-7-15(8-6-14)25-4-2/h5-8,13H,3-4,9-12H2,1-2H3,(H,19,22)(H,20,24). The minimum Gasteiger partial charge on any atom is -0.494 e. The van der Waals surface area contributed by atoms with Gasteiger partial charge in [0, 0.05) is 25.2 Å². The average Bonchev–Trinajstić information content (AvgIpc) is 3.00. The Morgan fingerprint density at radius 2 is 1.92 bits per heavy atom. The van der Waals surface area contributed by atoms with Gasteiger partial charge >= 0.3 is 0 Å². The molecule has 1 fully saturated rings. The molecule has 1 atom stereocenters. The molecule has 1 saturated heterocycles. The van der Waals surface area contributed by atoms with Crippen LogP contribution >= 0.6 is 0 Å². The fraction of sp³-hybridized carbons (Fsp3) is 0.500. The lowest BCUT2D eigenvalue weighted by Gasteiger charge is -2.17. The summed E-state index contributed by atoms with van der Waals surface area (Å²) in [5.74, 6) is -0.292. The third kappa shape index (κ3) is 5.20. The van der Waals surface area contributed by atoms with Gasteiger partial charge in [0.25, 0.3) is 0 Å². The first-order valence-corrected chi connectivity index (χ1v) is 8.62. The smallest absolute Gasteiger partial charge is 0.239 e. The van der Waals surface area contributed by atoms with Crippen LogP contribution in [0.15, 0.2) is 24.3 Å². The van der Waals surface area contributed by atoms with E-state index in [0.29, 0.717) is 19.7 Å². The van der Waals surface area contributed by atoms with Crippen molar-refractivity contribution >= 4 is 23.4 Å². The fourth-order valence-corrected chi connectivity index (χ4v) is 2.66. The lowest BCUT2D eigenvalue weighted by Crippen LogP contribution is -2.40. The van der Waals surface area contributed by atoms with Crippen LogP contribution in [-0.2, 0) is 14.4 Å². The summed E-state index contributed by atoms with van der Waals surface area (Å²) in [4.78, 5) is 37.5. The number of anilines is 1. The van der Waals surface area contributed by atoms with Gasteiger partial charge in [-0.15, -0.1) is 0 Å². The third-order valence-electron chi connectivity index (χ3n) is 3.95. The molecule has 0 aromatic heterocycles. The van der Waals surface area contributed by atoms with E-state index in [1.165, 1.54) is 0 Å². The Labute approximate surface area is 147 Å². The number of hydrogen-bond acceptors (Lipinski definition) is 4. The highest BCUT2D eigenvalue weighted by Crippen LogP contribution is 2.26. The van der Waals surface area contributed by atoms with Gasteiger partial charge in [-0.2, -0.15) is 0 Å². The summed E-state index contributed by atoms with van der Waals surface area (Å²) >= 11 is 0. The van der Waals surface area contributed by atoms with Crippen molar-refractivity contribution in [1.82, 2.24) is 10.6 Å². The predicted molar refractivity (Wildman–Crippen MR) is 94.4 cm³/mol. The Kier molecular flexibility index (Phi) is 6.80. The van der Waals surface area contributed by atoms with Gasteiger partial charge in [0.2, 0.25) is 17.7 Å². The number of nitrogens with one attached hydrogen (secondary N) is 2. The lowest BCUT2D eigenvalue weighted by atomic mass is 10.1. The van der Waals surface area contributed by atoms with E-state index >= 15 is 0 Å². The fourth-order valence-electron chi connectivity index (χ4n) is 2.66. The molecule has 1 aliphatic rings. The molecular formula is C18H25N3O4. The highest BCUT2D eigenvalue weighted by atomic mass is 16.5. The normalized spacial score (nSPS) is 16.6. The summed E-state index contributed by atoms with van der Waals surface area (Å²) in [7, 11) is 0. The van der Waals surface area contributed by atoms with Crippen molar-refractivity contribution in [3.8, 4) is 5.75 Å². The molecule has 7 heteroatoms. The number of carbonyl (C=O) groups is 3. The second kappa shape index (κ2) is 9.05. The van der Waals surface area contributed by atoms with Crippen molar-refractivity contribution in [2.45, 2.75) is 26.7 Å². The minimum absolute atomic E-state index is 0.0629. The second-order valence-electron chi connectivity index (χ2n) is 5.90. The SMILES string of the molecule is CCCNC(=O)CNC(=O)C1CC(=O)N(c2ccc(OCC)cc2)C1. The number of ether oxygens (including phenoxy) is 1. The Morgan fingerprint density at radius 3 is 2.56 bits per heavy atom. The van der Waals surface area contributed by atoms with Crippen LogP contribution in [0.5, 0.6) is 5.75 Å². The molecule has 1 aliphatic heterocycles. The van der Waals surface area contributed by atoms with Gasteiger partial charge in [-0.3, -0.25) is 14.4 Å². The van der Waals surface area contributed by atoms with Crippen molar-refractivity contribution in [2.24, 2.45) is 5.92 Å². The van der Waals surface area contributed by atoms with Crippen molar-refractivity contribution in [3.63, 3.8) is 0 Å². The topological polar surface area (TPSA) is 87.7 Å². The zero-order chi connectivity index (χ0) is 18.2. The molecule has 3 amide bonds. The van der Waals surface area contributed by atoms with Crippen LogP contribution in [-0.4, -0.2) is 44.0 Å². The van der Waals surface area contributed by atoms with Gasteiger partial charge in [-0.05, 0) is 37.6 Å². The summed E-state index contributed by atoms with van der Waals surface area (Å²) in [6, 6.07) is 7.22.